The number of hydrogen-bond donors (Lipinski definition) is 1. The van der Waals surface area contributed by atoms with Crippen molar-refractivity contribution in [1.82, 2.24) is 4.90 Å². The minimum absolute atomic E-state index is 0.0123. The predicted octanol–water partition coefficient (Wildman–Crippen LogP) is 1.32. The quantitative estimate of drug-likeness (QED) is 0.467. The summed E-state index contributed by atoms with van der Waals surface area (Å²) in [4.78, 5) is 31.9. The summed E-state index contributed by atoms with van der Waals surface area (Å²) in [5.41, 5.74) is 0.763. The van der Waals surface area contributed by atoms with Crippen molar-refractivity contribution in [2.45, 2.75) is 6.42 Å². The van der Waals surface area contributed by atoms with Gasteiger partial charge in [0.1, 0.15) is 6.29 Å². The van der Waals surface area contributed by atoms with Crippen LogP contribution in [0.3, 0.4) is 0 Å². The molecule has 0 aromatic heterocycles. The molecular weight excluding hydrogens is 240 g/mol. The zero-order chi connectivity index (χ0) is 13.5. The first-order chi connectivity index (χ1) is 8.54. The van der Waals surface area contributed by atoms with E-state index in [-0.39, 0.29) is 18.8 Å². The SMILES string of the molecule is O=CCN(CCc1ccc([N+](=O)[O-])cc1)C(=O)O. The minimum atomic E-state index is -1.16. The lowest BCUT2D eigenvalue weighted by atomic mass is 10.1. The summed E-state index contributed by atoms with van der Waals surface area (Å²) in [6.45, 7) is -0.00575. The van der Waals surface area contributed by atoms with Gasteiger partial charge >= 0.3 is 6.09 Å². The lowest BCUT2D eigenvalue weighted by molar-refractivity contribution is -0.384. The van der Waals surface area contributed by atoms with E-state index in [2.05, 4.69) is 0 Å². The smallest absolute Gasteiger partial charge is 0.407 e. The number of nitro groups is 1. The average Bonchev–Trinajstić information content (AvgIpc) is 2.34. The molecule has 7 nitrogen and oxygen atoms in total. The van der Waals surface area contributed by atoms with Gasteiger partial charge in [-0.15, -0.1) is 0 Å². The van der Waals surface area contributed by atoms with Crippen molar-refractivity contribution in [3.05, 3.63) is 39.9 Å². The maximum atomic E-state index is 10.7. The van der Waals surface area contributed by atoms with Gasteiger partial charge in [-0.3, -0.25) is 10.1 Å². The van der Waals surface area contributed by atoms with Gasteiger partial charge in [-0.1, -0.05) is 12.1 Å². The molecule has 0 bridgehead atoms. The molecule has 0 saturated carbocycles. The Morgan fingerprint density at radius 1 is 1.39 bits per heavy atom. The van der Waals surface area contributed by atoms with Crippen LogP contribution in [-0.4, -0.2) is 40.4 Å². The van der Waals surface area contributed by atoms with Crippen LogP contribution in [0.5, 0.6) is 0 Å². The van der Waals surface area contributed by atoms with Crippen molar-refractivity contribution in [2.75, 3.05) is 13.1 Å². The van der Waals surface area contributed by atoms with Crippen LogP contribution in [0.4, 0.5) is 10.5 Å². The molecule has 1 aromatic carbocycles. The number of carbonyl (C=O) groups excluding carboxylic acids is 1. The molecule has 1 aromatic rings. The zero-order valence-electron chi connectivity index (χ0n) is 9.48. The van der Waals surface area contributed by atoms with E-state index in [1.54, 1.807) is 12.1 Å². The first-order valence-electron chi connectivity index (χ1n) is 5.19. The Hall–Kier alpha value is -2.44. The molecule has 0 saturated heterocycles. The second-order valence-corrected chi connectivity index (χ2v) is 3.57. The van der Waals surface area contributed by atoms with E-state index in [1.165, 1.54) is 12.1 Å². The van der Waals surface area contributed by atoms with Crippen molar-refractivity contribution in [1.29, 1.82) is 0 Å². The van der Waals surface area contributed by atoms with Gasteiger partial charge in [0.25, 0.3) is 5.69 Å². The molecule has 0 aliphatic heterocycles. The maximum Gasteiger partial charge on any atom is 0.407 e. The van der Waals surface area contributed by atoms with E-state index in [0.717, 1.165) is 10.5 Å². The summed E-state index contributed by atoms with van der Waals surface area (Å²) in [5, 5.41) is 19.2. The van der Waals surface area contributed by atoms with Gasteiger partial charge in [0.15, 0.2) is 0 Å². The van der Waals surface area contributed by atoms with Crippen LogP contribution >= 0.6 is 0 Å². The number of benzene rings is 1. The number of carbonyl (C=O) groups is 2. The molecule has 0 atom stereocenters. The number of rotatable bonds is 6. The Bertz CT molecular complexity index is 443. The maximum absolute atomic E-state index is 10.7. The van der Waals surface area contributed by atoms with Gasteiger partial charge < -0.3 is 14.8 Å². The second kappa shape index (κ2) is 6.33. The van der Waals surface area contributed by atoms with E-state index in [0.29, 0.717) is 12.7 Å². The minimum Gasteiger partial charge on any atom is -0.465 e. The number of nitro benzene ring substituents is 1. The Morgan fingerprint density at radius 3 is 2.44 bits per heavy atom. The molecule has 0 aliphatic carbocycles. The van der Waals surface area contributed by atoms with Crippen LogP contribution in [0.25, 0.3) is 0 Å². The van der Waals surface area contributed by atoms with Crippen molar-refractivity contribution in [2.24, 2.45) is 0 Å². The van der Waals surface area contributed by atoms with Gasteiger partial charge in [0, 0.05) is 18.7 Å². The van der Waals surface area contributed by atoms with Gasteiger partial charge in [-0.05, 0) is 12.0 Å². The highest BCUT2D eigenvalue weighted by Crippen LogP contribution is 2.12. The van der Waals surface area contributed by atoms with Gasteiger partial charge in [-0.25, -0.2) is 4.79 Å². The van der Waals surface area contributed by atoms with Crippen LogP contribution in [-0.2, 0) is 11.2 Å². The van der Waals surface area contributed by atoms with E-state index in [9.17, 15) is 19.7 Å². The standard InChI is InChI=1S/C11H12N2O5/c14-8-7-12(11(15)16)6-5-9-1-3-10(4-2-9)13(17)18/h1-4,8H,5-7H2,(H,15,16). The third-order valence-electron chi connectivity index (χ3n) is 2.38. The molecule has 1 amide bonds. The van der Waals surface area contributed by atoms with E-state index < -0.39 is 11.0 Å². The number of nitrogens with zero attached hydrogens (tertiary/aromatic N) is 2. The highest BCUT2D eigenvalue weighted by atomic mass is 16.6. The fourth-order valence-electron chi connectivity index (χ4n) is 1.40. The van der Waals surface area contributed by atoms with Crippen LogP contribution in [0.1, 0.15) is 5.56 Å². The van der Waals surface area contributed by atoms with Crippen molar-refractivity contribution in [3.8, 4) is 0 Å². The van der Waals surface area contributed by atoms with Gasteiger partial charge in [0.2, 0.25) is 0 Å². The lowest BCUT2D eigenvalue weighted by Gasteiger charge is -2.15. The molecule has 0 fully saturated rings. The molecule has 1 N–H and O–H groups in total. The van der Waals surface area contributed by atoms with Crippen LogP contribution in [0, 0.1) is 10.1 Å². The highest BCUT2D eigenvalue weighted by molar-refractivity contribution is 5.69. The molecule has 0 heterocycles. The van der Waals surface area contributed by atoms with Gasteiger partial charge in [0.05, 0.1) is 11.5 Å². The Morgan fingerprint density at radius 2 is 2.00 bits per heavy atom. The topological polar surface area (TPSA) is 101 Å². The zero-order valence-corrected chi connectivity index (χ0v) is 9.48. The fraction of sp³-hybridized carbons (Fsp3) is 0.273. The highest BCUT2D eigenvalue weighted by Gasteiger charge is 2.11. The van der Waals surface area contributed by atoms with Gasteiger partial charge in [-0.2, -0.15) is 0 Å². The number of carboxylic acid groups (broad SMARTS) is 1. The largest absolute Gasteiger partial charge is 0.465 e. The van der Waals surface area contributed by atoms with Crippen LogP contribution < -0.4 is 0 Å². The van der Waals surface area contributed by atoms with Crippen molar-refractivity contribution < 1.29 is 19.6 Å². The monoisotopic (exact) mass is 252 g/mol. The normalized spacial score (nSPS) is 9.78. The Kier molecular flexibility index (Phi) is 4.79. The molecular formula is C11H12N2O5. The molecule has 0 radical (unpaired) electrons. The predicted molar refractivity (Wildman–Crippen MR) is 62.5 cm³/mol. The van der Waals surface area contributed by atoms with Crippen molar-refractivity contribution in [3.63, 3.8) is 0 Å². The van der Waals surface area contributed by atoms with E-state index in [1.807, 2.05) is 0 Å². The molecule has 1 rings (SSSR count). The van der Waals surface area contributed by atoms with E-state index >= 15 is 0 Å². The van der Waals surface area contributed by atoms with Crippen LogP contribution in [0.15, 0.2) is 24.3 Å². The molecule has 0 unspecified atom stereocenters. The van der Waals surface area contributed by atoms with Crippen LogP contribution in [0.2, 0.25) is 0 Å². The lowest BCUT2D eigenvalue weighted by Crippen LogP contribution is -2.33. The third kappa shape index (κ3) is 3.85. The third-order valence-corrected chi connectivity index (χ3v) is 2.38. The molecule has 96 valence electrons. The Labute approximate surface area is 103 Å². The summed E-state index contributed by atoms with van der Waals surface area (Å²) in [7, 11) is 0. The summed E-state index contributed by atoms with van der Waals surface area (Å²) < 4.78 is 0. The Balaban J connectivity index is 2.59. The summed E-state index contributed by atoms with van der Waals surface area (Å²) >= 11 is 0. The fourth-order valence-corrected chi connectivity index (χ4v) is 1.40. The average molecular weight is 252 g/mol. The molecule has 0 spiro atoms. The number of non-ortho nitro benzene ring substituents is 1. The summed E-state index contributed by atoms with van der Waals surface area (Å²) in [6, 6.07) is 5.86. The number of amides is 1. The first-order valence-corrected chi connectivity index (χ1v) is 5.19. The molecule has 0 aliphatic rings. The summed E-state index contributed by atoms with van der Waals surface area (Å²) in [5.74, 6) is 0. The van der Waals surface area contributed by atoms with E-state index in [4.69, 9.17) is 5.11 Å². The second-order valence-electron chi connectivity index (χ2n) is 3.57. The molecule has 18 heavy (non-hydrogen) atoms. The number of hydrogen-bond acceptors (Lipinski definition) is 4. The van der Waals surface area contributed by atoms with Crippen molar-refractivity contribution >= 4 is 18.1 Å². The molecule has 7 heteroatoms. The first kappa shape index (κ1) is 13.6. The number of aldehydes is 1. The summed E-state index contributed by atoms with van der Waals surface area (Å²) in [6.07, 6.45) is -0.244.